The van der Waals surface area contributed by atoms with Crippen molar-refractivity contribution in [1.29, 1.82) is 0 Å². The molecule has 2 aliphatic rings. The number of rotatable bonds is 7. The molecule has 0 radical (unpaired) electrons. The van der Waals surface area contributed by atoms with Crippen molar-refractivity contribution in [2.75, 3.05) is 13.2 Å². The van der Waals surface area contributed by atoms with Gasteiger partial charge in [-0.1, -0.05) is 66.2 Å². The number of likely N-dealkylation sites (tertiary alicyclic amines) is 1. The highest BCUT2D eigenvalue weighted by molar-refractivity contribution is 6.30. The number of alkyl carbamates (subject to hydrolysis) is 1. The lowest BCUT2D eigenvalue weighted by Crippen LogP contribution is -2.58. The molecular formula is C32H34ClN3O5. The number of ether oxygens (including phenoxy) is 2. The van der Waals surface area contributed by atoms with Gasteiger partial charge in [0.15, 0.2) is 0 Å². The summed E-state index contributed by atoms with van der Waals surface area (Å²) in [4.78, 5) is 39.6. The number of nitrogens with one attached hydrogen (secondary N) is 2. The summed E-state index contributed by atoms with van der Waals surface area (Å²) < 4.78 is 11.0. The summed E-state index contributed by atoms with van der Waals surface area (Å²) in [6.45, 7) is 6.45. The third-order valence-corrected chi connectivity index (χ3v) is 7.57. The van der Waals surface area contributed by atoms with Crippen LogP contribution in [0.5, 0.6) is 0 Å². The lowest BCUT2D eigenvalue weighted by Gasteiger charge is -2.38. The van der Waals surface area contributed by atoms with Gasteiger partial charge >= 0.3 is 12.2 Å². The molecule has 2 N–H and O–H groups in total. The molecule has 41 heavy (non-hydrogen) atoms. The third kappa shape index (κ3) is 6.49. The van der Waals surface area contributed by atoms with Crippen molar-refractivity contribution in [2.24, 2.45) is 0 Å². The van der Waals surface area contributed by atoms with Gasteiger partial charge in [-0.15, -0.1) is 0 Å². The number of halogens is 1. The molecule has 9 heteroatoms. The molecule has 5 rings (SSSR count). The summed E-state index contributed by atoms with van der Waals surface area (Å²) in [7, 11) is 0. The minimum atomic E-state index is -0.608. The Balaban J connectivity index is 1.16. The monoisotopic (exact) mass is 575 g/mol. The van der Waals surface area contributed by atoms with Crippen LogP contribution in [0.1, 0.15) is 55.4 Å². The van der Waals surface area contributed by atoms with Crippen molar-refractivity contribution in [3.63, 3.8) is 0 Å². The molecule has 214 valence electrons. The molecule has 3 aromatic rings. The summed E-state index contributed by atoms with van der Waals surface area (Å²) in [5.41, 5.74) is 5.54. The van der Waals surface area contributed by atoms with Crippen LogP contribution in [0.3, 0.4) is 0 Å². The fraction of sp³-hybridized carbons (Fsp3) is 0.344. The Hall–Kier alpha value is -4.04. The summed E-state index contributed by atoms with van der Waals surface area (Å²) in [6, 6.07) is 21.0. The standard InChI is InChI=1S/C32H34ClN3O5/c1-32(2,3)41-30(38)35-17-20-12-13-22(33)16-21(20)18-34-29(37)28-14-15-36(28)31(39)40-19-27-25-10-6-4-8-23(25)24-9-5-7-11-26(24)27/h4-13,16,27-28H,14-15,17-19H2,1-3H3,(H,34,37)(H,35,38). The van der Waals surface area contributed by atoms with Gasteiger partial charge in [-0.05, 0) is 72.7 Å². The second kappa shape index (κ2) is 11.8. The van der Waals surface area contributed by atoms with Crippen LogP contribution in [-0.4, -0.2) is 47.8 Å². The fourth-order valence-corrected chi connectivity index (χ4v) is 5.46. The first kappa shape index (κ1) is 28.5. The van der Waals surface area contributed by atoms with Gasteiger partial charge in [-0.3, -0.25) is 9.69 Å². The highest BCUT2D eigenvalue weighted by Gasteiger charge is 2.39. The Kier molecular flexibility index (Phi) is 8.22. The Morgan fingerprint density at radius 1 is 0.902 bits per heavy atom. The van der Waals surface area contributed by atoms with E-state index in [-0.39, 0.29) is 31.5 Å². The van der Waals surface area contributed by atoms with Gasteiger partial charge in [0, 0.05) is 30.6 Å². The number of amides is 3. The van der Waals surface area contributed by atoms with E-state index < -0.39 is 23.8 Å². The Bertz CT molecular complexity index is 1420. The van der Waals surface area contributed by atoms with Gasteiger partial charge in [0.25, 0.3) is 0 Å². The van der Waals surface area contributed by atoms with E-state index in [0.717, 1.165) is 33.4 Å². The molecular weight excluding hydrogens is 542 g/mol. The van der Waals surface area contributed by atoms with Crippen LogP contribution in [0.4, 0.5) is 9.59 Å². The predicted molar refractivity (Wildman–Crippen MR) is 157 cm³/mol. The highest BCUT2D eigenvalue weighted by atomic mass is 35.5. The van der Waals surface area contributed by atoms with E-state index in [0.29, 0.717) is 18.0 Å². The molecule has 1 heterocycles. The minimum absolute atomic E-state index is 0.0459. The Labute approximate surface area is 245 Å². The number of carbonyl (C=O) groups is 3. The molecule has 1 aliphatic heterocycles. The van der Waals surface area contributed by atoms with Gasteiger partial charge in [0.05, 0.1) is 0 Å². The average Bonchev–Trinajstić information content (AvgIpc) is 3.22. The molecule has 3 amide bonds. The summed E-state index contributed by atoms with van der Waals surface area (Å²) >= 11 is 6.21. The molecule has 1 saturated heterocycles. The largest absolute Gasteiger partial charge is 0.448 e. The predicted octanol–water partition coefficient (Wildman–Crippen LogP) is 6.00. The Morgan fingerprint density at radius 2 is 1.54 bits per heavy atom. The molecule has 0 saturated carbocycles. The second-order valence-electron chi connectivity index (χ2n) is 11.3. The van der Waals surface area contributed by atoms with E-state index in [1.165, 1.54) is 4.90 Å². The Morgan fingerprint density at radius 3 is 2.15 bits per heavy atom. The zero-order valence-corrected chi connectivity index (χ0v) is 24.2. The van der Waals surface area contributed by atoms with E-state index in [1.54, 1.807) is 39.0 Å². The van der Waals surface area contributed by atoms with Crippen molar-refractivity contribution < 1.29 is 23.9 Å². The molecule has 0 spiro atoms. The highest BCUT2D eigenvalue weighted by Crippen LogP contribution is 2.44. The second-order valence-corrected chi connectivity index (χ2v) is 11.7. The van der Waals surface area contributed by atoms with Crippen LogP contribution in [0.15, 0.2) is 66.7 Å². The number of fused-ring (bicyclic) bond motifs is 3. The van der Waals surface area contributed by atoms with Crippen molar-refractivity contribution in [3.8, 4) is 11.1 Å². The topological polar surface area (TPSA) is 97.0 Å². The van der Waals surface area contributed by atoms with E-state index in [2.05, 4.69) is 34.9 Å². The number of hydrogen-bond acceptors (Lipinski definition) is 5. The maximum Gasteiger partial charge on any atom is 0.410 e. The van der Waals surface area contributed by atoms with Crippen molar-refractivity contribution >= 4 is 29.7 Å². The molecule has 3 aromatic carbocycles. The summed E-state index contributed by atoms with van der Waals surface area (Å²) in [5, 5.41) is 6.16. The van der Waals surface area contributed by atoms with Crippen molar-refractivity contribution in [2.45, 2.75) is 57.8 Å². The van der Waals surface area contributed by atoms with Crippen LogP contribution in [0.2, 0.25) is 5.02 Å². The van der Waals surface area contributed by atoms with E-state index in [9.17, 15) is 14.4 Å². The fourth-order valence-electron chi connectivity index (χ4n) is 5.27. The average molecular weight is 576 g/mol. The van der Waals surface area contributed by atoms with Gasteiger partial charge in [-0.25, -0.2) is 9.59 Å². The third-order valence-electron chi connectivity index (χ3n) is 7.34. The van der Waals surface area contributed by atoms with E-state index in [1.807, 2.05) is 24.3 Å². The first-order valence-corrected chi connectivity index (χ1v) is 14.1. The number of nitrogens with zero attached hydrogens (tertiary/aromatic N) is 1. The van der Waals surface area contributed by atoms with Gasteiger partial charge in [-0.2, -0.15) is 0 Å². The van der Waals surface area contributed by atoms with Crippen LogP contribution in [-0.2, 0) is 27.4 Å². The lowest BCUT2D eigenvalue weighted by atomic mass is 9.98. The smallest absolute Gasteiger partial charge is 0.410 e. The molecule has 0 bridgehead atoms. The molecule has 1 unspecified atom stereocenters. The van der Waals surface area contributed by atoms with E-state index >= 15 is 0 Å². The zero-order valence-electron chi connectivity index (χ0n) is 23.4. The van der Waals surface area contributed by atoms with Gasteiger partial charge in [0.1, 0.15) is 18.2 Å². The van der Waals surface area contributed by atoms with Crippen LogP contribution < -0.4 is 10.6 Å². The maximum absolute atomic E-state index is 13.0. The minimum Gasteiger partial charge on any atom is -0.448 e. The zero-order chi connectivity index (χ0) is 29.1. The lowest BCUT2D eigenvalue weighted by molar-refractivity contribution is -0.130. The molecule has 8 nitrogen and oxygen atoms in total. The van der Waals surface area contributed by atoms with Crippen molar-refractivity contribution in [1.82, 2.24) is 15.5 Å². The van der Waals surface area contributed by atoms with Crippen molar-refractivity contribution in [3.05, 3.63) is 94.0 Å². The van der Waals surface area contributed by atoms with Crippen LogP contribution >= 0.6 is 11.6 Å². The summed E-state index contributed by atoms with van der Waals surface area (Å²) in [5.74, 6) is -0.314. The molecule has 1 aliphatic carbocycles. The SMILES string of the molecule is CC(C)(C)OC(=O)NCc1ccc(Cl)cc1CNC(=O)C1CCN1C(=O)OCC1c2ccccc2-c2ccccc21. The number of benzene rings is 3. The summed E-state index contributed by atoms with van der Waals surface area (Å²) in [6.07, 6.45) is -0.475. The van der Waals surface area contributed by atoms with Crippen LogP contribution in [0.25, 0.3) is 11.1 Å². The van der Waals surface area contributed by atoms with Gasteiger partial charge < -0.3 is 20.1 Å². The first-order valence-electron chi connectivity index (χ1n) is 13.7. The molecule has 1 atom stereocenters. The van der Waals surface area contributed by atoms with E-state index in [4.69, 9.17) is 21.1 Å². The van der Waals surface area contributed by atoms with Gasteiger partial charge in [0.2, 0.25) is 5.91 Å². The quantitative estimate of drug-likeness (QED) is 0.360. The molecule has 0 aromatic heterocycles. The maximum atomic E-state index is 13.0. The molecule has 1 fully saturated rings. The number of hydrogen-bond donors (Lipinski definition) is 2. The first-order chi connectivity index (χ1) is 19.6. The van der Waals surface area contributed by atoms with Crippen LogP contribution in [0, 0.1) is 0 Å². The number of carbonyl (C=O) groups excluding carboxylic acids is 3. The normalized spacial score (nSPS) is 15.8.